The summed E-state index contributed by atoms with van der Waals surface area (Å²) < 4.78 is 12.2. The summed E-state index contributed by atoms with van der Waals surface area (Å²) in [6, 6.07) is 21.5. The molecule has 0 spiro atoms. The molecule has 3 aromatic carbocycles. The van der Waals surface area contributed by atoms with Crippen molar-refractivity contribution in [2.24, 2.45) is 0 Å². The summed E-state index contributed by atoms with van der Waals surface area (Å²) in [5.74, 6) is 2.62. The third kappa shape index (κ3) is 7.59. The number of carbonyl (C=O) groups is 2. The minimum Gasteiger partial charge on any atom is -0.483 e. The van der Waals surface area contributed by atoms with Crippen LogP contribution < -0.4 is 20.1 Å². The highest BCUT2D eigenvalue weighted by atomic mass is 35.5. The number of nitrogens with one attached hydrogen (secondary N) is 3. The Balaban J connectivity index is 0.00000210. The molecule has 11 heteroatoms. The van der Waals surface area contributed by atoms with Crippen LogP contribution in [0, 0.1) is 0 Å². The summed E-state index contributed by atoms with van der Waals surface area (Å²) in [6.07, 6.45) is 0.181. The Labute approximate surface area is 243 Å². The van der Waals surface area contributed by atoms with Crippen LogP contribution in [0.3, 0.4) is 0 Å². The van der Waals surface area contributed by atoms with E-state index in [4.69, 9.17) is 9.47 Å². The summed E-state index contributed by atoms with van der Waals surface area (Å²) in [7, 11) is 0. The third-order valence-electron chi connectivity index (χ3n) is 5.81. The molecule has 206 valence electrons. The average molecular weight is 590 g/mol. The van der Waals surface area contributed by atoms with Crippen LogP contribution in [0.25, 0.3) is 11.0 Å². The predicted molar refractivity (Wildman–Crippen MR) is 160 cm³/mol. The number of benzene rings is 3. The first-order valence-electron chi connectivity index (χ1n) is 12.1. The van der Waals surface area contributed by atoms with Gasteiger partial charge in [0.25, 0.3) is 5.24 Å². The summed E-state index contributed by atoms with van der Waals surface area (Å²) in [5.41, 5.74) is 3.65. The minimum absolute atomic E-state index is 0. The van der Waals surface area contributed by atoms with Gasteiger partial charge in [-0.25, -0.2) is 4.98 Å². The van der Waals surface area contributed by atoms with E-state index in [0.717, 1.165) is 39.8 Å². The molecule has 3 N–H and O–H groups in total. The second-order valence-electron chi connectivity index (χ2n) is 9.22. The molecule has 1 saturated heterocycles. The predicted octanol–water partition coefficient (Wildman–Crippen LogP) is 7.05. The number of aromatic amines is 1. The standard InChI is InChI=1S/C28H28N4O4S.2ClH/c1-16(2)29-19-5-4-6-21(14-19)36-22-11-12-23-24(15-22)31-26(30-23)17(3)35-20-9-7-18(8-10-20)13-25-27(33)32-28(34)37-25;;/h4-12,14-17,25,29H,13H2,1-3H3,(H,30,31)(H,32,33,34);2*1H. The van der Waals surface area contributed by atoms with Gasteiger partial charge in [-0.3, -0.25) is 14.9 Å². The van der Waals surface area contributed by atoms with E-state index in [1.54, 1.807) is 0 Å². The fourth-order valence-corrected chi connectivity index (χ4v) is 4.95. The fraction of sp³-hybridized carbons (Fsp3) is 0.250. The molecule has 1 aliphatic heterocycles. The van der Waals surface area contributed by atoms with E-state index < -0.39 is 0 Å². The Bertz CT molecular complexity index is 1450. The van der Waals surface area contributed by atoms with E-state index >= 15 is 0 Å². The summed E-state index contributed by atoms with van der Waals surface area (Å²) >= 11 is 1.03. The molecule has 0 aliphatic carbocycles. The molecule has 0 radical (unpaired) electrons. The van der Waals surface area contributed by atoms with E-state index in [9.17, 15) is 9.59 Å². The van der Waals surface area contributed by atoms with Crippen LogP contribution in [0.2, 0.25) is 0 Å². The molecule has 2 atom stereocenters. The Kier molecular flexibility index (Phi) is 10.1. The van der Waals surface area contributed by atoms with E-state index in [1.165, 1.54) is 0 Å². The quantitative estimate of drug-likeness (QED) is 0.192. The zero-order valence-corrected chi connectivity index (χ0v) is 24.0. The second kappa shape index (κ2) is 13.1. The monoisotopic (exact) mass is 588 g/mol. The number of carbonyl (C=O) groups excluding carboxylic acids is 2. The fourth-order valence-electron chi connectivity index (χ4n) is 4.09. The molecule has 2 unspecified atom stereocenters. The molecule has 2 amide bonds. The van der Waals surface area contributed by atoms with E-state index in [1.807, 2.05) is 73.7 Å². The Morgan fingerprint density at radius 2 is 1.67 bits per heavy atom. The average Bonchev–Trinajstić information content (AvgIpc) is 3.42. The number of thioether (sulfide) groups is 1. The number of hydrogen-bond acceptors (Lipinski definition) is 7. The lowest BCUT2D eigenvalue weighted by Gasteiger charge is -2.13. The molecule has 2 heterocycles. The smallest absolute Gasteiger partial charge is 0.286 e. The third-order valence-corrected chi connectivity index (χ3v) is 6.79. The number of amides is 2. The van der Waals surface area contributed by atoms with Crippen LogP contribution in [0.1, 0.15) is 38.3 Å². The molecular formula is C28H30Cl2N4O4S. The largest absolute Gasteiger partial charge is 0.483 e. The molecule has 1 fully saturated rings. The number of halogens is 2. The molecular weight excluding hydrogens is 559 g/mol. The maximum Gasteiger partial charge on any atom is 0.286 e. The lowest BCUT2D eigenvalue weighted by Crippen LogP contribution is -2.25. The lowest BCUT2D eigenvalue weighted by atomic mass is 10.1. The maximum atomic E-state index is 11.8. The van der Waals surface area contributed by atoms with Crippen LogP contribution in [-0.2, 0) is 11.2 Å². The highest BCUT2D eigenvalue weighted by molar-refractivity contribution is 8.15. The second-order valence-corrected chi connectivity index (χ2v) is 10.4. The number of imide groups is 1. The van der Waals surface area contributed by atoms with Crippen molar-refractivity contribution in [2.45, 2.75) is 44.6 Å². The van der Waals surface area contributed by atoms with Gasteiger partial charge in [-0.2, -0.15) is 0 Å². The minimum atomic E-state index is -0.386. The first-order chi connectivity index (χ1) is 17.8. The molecule has 39 heavy (non-hydrogen) atoms. The summed E-state index contributed by atoms with van der Waals surface area (Å²) in [6.45, 7) is 6.12. The Morgan fingerprint density at radius 1 is 0.949 bits per heavy atom. The van der Waals surface area contributed by atoms with Gasteiger partial charge in [-0.15, -0.1) is 24.8 Å². The number of rotatable bonds is 9. The van der Waals surface area contributed by atoms with E-state index in [0.29, 0.717) is 29.8 Å². The first kappa shape index (κ1) is 30.1. The van der Waals surface area contributed by atoms with Crippen LogP contribution >= 0.6 is 36.6 Å². The van der Waals surface area contributed by atoms with Gasteiger partial charge in [0.05, 0.1) is 16.3 Å². The Morgan fingerprint density at radius 3 is 2.36 bits per heavy atom. The molecule has 5 rings (SSSR count). The van der Waals surface area contributed by atoms with Crippen molar-refractivity contribution < 1.29 is 19.1 Å². The number of hydrogen-bond donors (Lipinski definition) is 3. The highest BCUT2D eigenvalue weighted by Gasteiger charge is 2.31. The first-order valence-corrected chi connectivity index (χ1v) is 13.0. The molecule has 8 nitrogen and oxygen atoms in total. The van der Waals surface area contributed by atoms with Crippen molar-refractivity contribution in [2.75, 3.05) is 5.32 Å². The number of imidazole rings is 1. The van der Waals surface area contributed by atoms with Crippen molar-refractivity contribution in [1.29, 1.82) is 0 Å². The van der Waals surface area contributed by atoms with Crippen LogP contribution in [0.5, 0.6) is 17.2 Å². The number of nitrogens with zero attached hydrogens (tertiary/aromatic N) is 1. The SMILES string of the molecule is CC(C)Nc1cccc(Oc2ccc3nc(C(C)Oc4ccc(CC5SC(=O)NC5=O)cc4)[nH]c3c2)c1.Cl.Cl. The molecule has 1 aromatic heterocycles. The van der Waals surface area contributed by atoms with Gasteiger partial charge in [0.1, 0.15) is 23.1 Å². The summed E-state index contributed by atoms with van der Waals surface area (Å²) in [5, 5.41) is 5.02. The van der Waals surface area contributed by atoms with Crippen LogP contribution in [0.4, 0.5) is 10.5 Å². The lowest BCUT2D eigenvalue weighted by molar-refractivity contribution is -0.118. The Hall–Kier alpha value is -3.40. The number of H-pyrrole nitrogens is 1. The van der Waals surface area contributed by atoms with Gasteiger partial charge < -0.3 is 19.8 Å². The maximum absolute atomic E-state index is 11.8. The summed E-state index contributed by atoms with van der Waals surface area (Å²) in [4.78, 5) is 31.2. The zero-order chi connectivity index (χ0) is 25.9. The molecule has 4 aromatic rings. The van der Waals surface area contributed by atoms with E-state index in [2.05, 4.69) is 34.4 Å². The normalized spacial score (nSPS) is 15.3. The van der Waals surface area contributed by atoms with Crippen molar-refractivity contribution >= 4 is 64.4 Å². The number of anilines is 1. The topological polar surface area (TPSA) is 105 Å². The van der Waals surface area contributed by atoms with Gasteiger partial charge in [0, 0.05) is 23.9 Å². The highest BCUT2D eigenvalue weighted by Crippen LogP contribution is 2.29. The molecule has 0 bridgehead atoms. The molecule has 0 saturated carbocycles. The van der Waals surface area contributed by atoms with Crippen molar-refractivity contribution in [3.8, 4) is 17.2 Å². The number of ether oxygens (including phenoxy) is 2. The van der Waals surface area contributed by atoms with Crippen molar-refractivity contribution in [3.63, 3.8) is 0 Å². The van der Waals surface area contributed by atoms with Gasteiger partial charge in [-0.05, 0) is 69.2 Å². The zero-order valence-electron chi connectivity index (χ0n) is 21.6. The number of fused-ring (bicyclic) bond motifs is 1. The van der Waals surface area contributed by atoms with Crippen LogP contribution in [-0.4, -0.2) is 32.4 Å². The number of aromatic nitrogens is 2. The van der Waals surface area contributed by atoms with Gasteiger partial charge in [-0.1, -0.05) is 30.0 Å². The van der Waals surface area contributed by atoms with Gasteiger partial charge in [0.15, 0.2) is 6.10 Å². The van der Waals surface area contributed by atoms with Gasteiger partial charge >= 0.3 is 0 Å². The van der Waals surface area contributed by atoms with E-state index in [-0.39, 0.29) is 47.3 Å². The molecule has 1 aliphatic rings. The van der Waals surface area contributed by atoms with Gasteiger partial charge in [0.2, 0.25) is 5.91 Å². The van der Waals surface area contributed by atoms with Crippen molar-refractivity contribution in [3.05, 3.63) is 78.1 Å². The van der Waals surface area contributed by atoms with Crippen LogP contribution in [0.15, 0.2) is 66.7 Å². The van der Waals surface area contributed by atoms with Crippen molar-refractivity contribution in [1.82, 2.24) is 15.3 Å².